The highest BCUT2D eigenvalue weighted by atomic mass is 32.1. The minimum atomic E-state index is 0.837. The summed E-state index contributed by atoms with van der Waals surface area (Å²) in [6.07, 6.45) is 3.91. The molecule has 1 aliphatic heterocycles. The molecule has 1 aliphatic rings. The summed E-state index contributed by atoms with van der Waals surface area (Å²) in [5.74, 6) is 0. The van der Waals surface area contributed by atoms with Gasteiger partial charge < -0.3 is 10.6 Å². The van der Waals surface area contributed by atoms with Crippen molar-refractivity contribution in [3.8, 4) is 0 Å². The maximum Gasteiger partial charge on any atom is 0.206 e. The van der Waals surface area contributed by atoms with Crippen LogP contribution >= 0.6 is 11.5 Å². The number of benzene rings is 1. The molecule has 0 unspecified atom stereocenters. The van der Waals surface area contributed by atoms with Crippen LogP contribution in [0.4, 0.5) is 16.5 Å². The lowest BCUT2D eigenvalue weighted by Crippen LogP contribution is -2.11. The van der Waals surface area contributed by atoms with Gasteiger partial charge in [0.1, 0.15) is 6.33 Å². The highest BCUT2D eigenvalue weighted by molar-refractivity contribution is 7.09. The van der Waals surface area contributed by atoms with Crippen molar-refractivity contribution < 1.29 is 0 Å². The topological polar surface area (TPSA) is 49.8 Å². The van der Waals surface area contributed by atoms with Crippen molar-refractivity contribution in [3.05, 3.63) is 30.1 Å². The average molecular weight is 232 g/mol. The van der Waals surface area contributed by atoms with Gasteiger partial charge in [-0.3, -0.25) is 0 Å². The predicted molar refractivity (Wildman–Crippen MR) is 66.4 cm³/mol. The van der Waals surface area contributed by atoms with Crippen LogP contribution in [0.3, 0.4) is 0 Å². The number of hydrogen-bond donors (Lipinski definition) is 2. The zero-order valence-electron chi connectivity index (χ0n) is 8.73. The van der Waals surface area contributed by atoms with E-state index in [1.807, 2.05) is 0 Å². The van der Waals surface area contributed by atoms with Crippen molar-refractivity contribution in [1.29, 1.82) is 0 Å². The quantitative estimate of drug-likeness (QED) is 0.835. The third-order valence-corrected chi connectivity index (χ3v) is 3.24. The van der Waals surface area contributed by atoms with Gasteiger partial charge in [0.25, 0.3) is 0 Å². The van der Waals surface area contributed by atoms with Gasteiger partial charge in [0, 0.05) is 29.5 Å². The van der Waals surface area contributed by atoms with E-state index in [1.165, 1.54) is 29.2 Å². The molecule has 0 amide bonds. The summed E-state index contributed by atoms with van der Waals surface area (Å²) in [5, 5.41) is 7.48. The summed E-state index contributed by atoms with van der Waals surface area (Å²) in [6.45, 7) is 1.08. The van der Waals surface area contributed by atoms with E-state index in [2.05, 4.69) is 38.2 Å². The first kappa shape index (κ1) is 9.59. The normalized spacial score (nSPS) is 14.0. The minimum absolute atomic E-state index is 0.837. The molecule has 4 nitrogen and oxygen atoms in total. The highest BCUT2D eigenvalue weighted by Gasteiger charge is 2.08. The van der Waals surface area contributed by atoms with E-state index in [9.17, 15) is 0 Å². The Morgan fingerprint density at radius 2 is 2.38 bits per heavy atom. The van der Waals surface area contributed by atoms with Gasteiger partial charge in [0.15, 0.2) is 0 Å². The maximum absolute atomic E-state index is 4.10. The van der Waals surface area contributed by atoms with E-state index in [1.54, 1.807) is 6.33 Å². The van der Waals surface area contributed by atoms with Gasteiger partial charge in [-0.05, 0) is 36.6 Å². The first-order valence-electron chi connectivity index (χ1n) is 5.32. The molecule has 1 aromatic carbocycles. The Balaban J connectivity index is 1.86. The first-order chi connectivity index (χ1) is 7.92. The van der Waals surface area contributed by atoms with Crippen molar-refractivity contribution in [3.63, 3.8) is 0 Å². The van der Waals surface area contributed by atoms with E-state index in [0.29, 0.717) is 0 Å². The van der Waals surface area contributed by atoms with E-state index in [-0.39, 0.29) is 0 Å². The second kappa shape index (κ2) is 4.09. The minimum Gasteiger partial charge on any atom is -0.385 e. The van der Waals surface area contributed by atoms with E-state index in [0.717, 1.165) is 23.8 Å². The summed E-state index contributed by atoms with van der Waals surface area (Å²) in [4.78, 5) is 4.10. The second-order valence-electron chi connectivity index (χ2n) is 3.77. The number of fused-ring (bicyclic) bond motifs is 1. The van der Waals surface area contributed by atoms with Gasteiger partial charge in [0.05, 0.1) is 0 Å². The molecule has 5 heteroatoms. The summed E-state index contributed by atoms with van der Waals surface area (Å²) in [5.41, 5.74) is 3.72. The Labute approximate surface area is 97.9 Å². The second-order valence-corrected chi connectivity index (χ2v) is 4.55. The number of aryl methyl sites for hydroxylation is 1. The van der Waals surface area contributed by atoms with Crippen LogP contribution in [0.5, 0.6) is 0 Å². The largest absolute Gasteiger partial charge is 0.385 e. The third-order valence-electron chi connectivity index (χ3n) is 2.66. The number of anilines is 3. The molecule has 0 saturated carbocycles. The van der Waals surface area contributed by atoms with Gasteiger partial charge >= 0.3 is 0 Å². The molecule has 1 aromatic heterocycles. The van der Waals surface area contributed by atoms with Crippen molar-refractivity contribution in [1.82, 2.24) is 9.36 Å². The maximum atomic E-state index is 4.10. The molecule has 0 fully saturated rings. The molecule has 0 radical (unpaired) electrons. The first-order valence-corrected chi connectivity index (χ1v) is 6.10. The standard InChI is InChI=1S/C11H12N4S/c1-2-8-6-9(3-4-10(8)12-5-1)15-11-13-7-14-16-11/h3-4,6-7,12H,1-2,5H2,(H,13,14,15). The Morgan fingerprint density at radius 3 is 3.25 bits per heavy atom. The van der Waals surface area contributed by atoms with Gasteiger partial charge in [-0.25, -0.2) is 4.98 Å². The SMILES string of the molecule is c1nsc(Nc2ccc3c(c2)CCCN3)n1. The van der Waals surface area contributed by atoms with Crippen LogP contribution in [-0.4, -0.2) is 15.9 Å². The molecule has 0 bridgehead atoms. The van der Waals surface area contributed by atoms with Crippen molar-refractivity contribution in [2.24, 2.45) is 0 Å². The van der Waals surface area contributed by atoms with Gasteiger partial charge in [-0.1, -0.05) is 0 Å². The molecule has 16 heavy (non-hydrogen) atoms. The Bertz CT molecular complexity index is 481. The number of nitrogens with one attached hydrogen (secondary N) is 2. The van der Waals surface area contributed by atoms with E-state index in [4.69, 9.17) is 0 Å². The smallest absolute Gasteiger partial charge is 0.206 e. The summed E-state index contributed by atoms with van der Waals surface area (Å²) >= 11 is 1.37. The fourth-order valence-electron chi connectivity index (χ4n) is 1.90. The number of aromatic nitrogens is 2. The van der Waals surface area contributed by atoms with Crippen LogP contribution in [0, 0.1) is 0 Å². The number of hydrogen-bond acceptors (Lipinski definition) is 5. The zero-order chi connectivity index (χ0) is 10.8. The Morgan fingerprint density at radius 1 is 1.38 bits per heavy atom. The van der Waals surface area contributed by atoms with Crippen molar-refractivity contribution in [2.45, 2.75) is 12.8 Å². The zero-order valence-corrected chi connectivity index (χ0v) is 9.55. The summed E-state index contributed by atoms with van der Waals surface area (Å²) < 4.78 is 3.96. The lowest BCUT2D eigenvalue weighted by atomic mass is 10.0. The number of rotatable bonds is 2. The molecule has 82 valence electrons. The molecule has 0 saturated heterocycles. The van der Waals surface area contributed by atoms with Crippen LogP contribution in [0.15, 0.2) is 24.5 Å². The lowest BCUT2D eigenvalue weighted by Gasteiger charge is -2.18. The molecular weight excluding hydrogens is 220 g/mol. The highest BCUT2D eigenvalue weighted by Crippen LogP contribution is 2.26. The number of nitrogens with zero attached hydrogens (tertiary/aromatic N) is 2. The fraction of sp³-hybridized carbons (Fsp3) is 0.273. The van der Waals surface area contributed by atoms with Crippen molar-refractivity contribution in [2.75, 3.05) is 17.2 Å². The van der Waals surface area contributed by atoms with Crippen LogP contribution < -0.4 is 10.6 Å². The fourth-order valence-corrected chi connectivity index (χ4v) is 2.36. The monoisotopic (exact) mass is 232 g/mol. The average Bonchev–Trinajstić information content (AvgIpc) is 2.82. The van der Waals surface area contributed by atoms with E-state index >= 15 is 0 Å². The van der Waals surface area contributed by atoms with Crippen LogP contribution in [0.2, 0.25) is 0 Å². The van der Waals surface area contributed by atoms with E-state index < -0.39 is 0 Å². The van der Waals surface area contributed by atoms with Crippen LogP contribution in [0.25, 0.3) is 0 Å². The molecule has 0 spiro atoms. The van der Waals surface area contributed by atoms with Gasteiger partial charge in [-0.15, -0.1) is 0 Å². The molecule has 0 aliphatic carbocycles. The predicted octanol–water partition coefficient (Wildman–Crippen LogP) is 2.64. The summed E-state index contributed by atoms with van der Waals surface area (Å²) in [6, 6.07) is 6.37. The third kappa shape index (κ3) is 1.86. The molecule has 2 aromatic rings. The molecule has 2 N–H and O–H groups in total. The van der Waals surface area contributed by atoms with Crippen molar-refractivity contribution >= 4 is 28.0 Å². The molecule has 0 atom stereocenters. The van der Waals surface area contributed by atoms with Gasteiger partial charge in [-0.2, -0.15) is 4.37 Å². The lowest BCUT2D eigenvalue weighted by molar-refractivity contribution is 0.830. The Kier molecular flexibility index (Phi) is 2.46. The van der Waals surface area contributed by atoms with Gasteiger partial charge in [0.2, 0.25) is 5.13 Å². The molecular formula is C11H12N4S. The van der Waals surface area contributed by atoms with Crippen LogP contribution in [-0.2, 0) is 6.42 Å². The molecule has 3 rings (SSSR count). The Hall–Kier alpha value is -1.62. The summed E-state index contributed by atoms with van der Waals surface area (Å²) in [7, 11) is 0. The molecule has 2 heterocycles. The van der Waals surface area contributed by atoms with Crippen LogP contribution in [0.1, 0.15) is 12.0 Å².